The Morgan fingerprint density at radius 1 is 1.26 bits per heavy atom. The molecule has 0 radical (unpaired) electrons. The van der Waals surface area contributed by atoms with Crippen LogP contribution in [-0.4, -0.2) is 49.6 Å². The summed E-state index contributed by atoms with van der Waals surface area (Å²) >= 11 is 6.10. The highest BCUT2D eigenvalue weighted by molar-refractivity contribution is 6.28. The molecule has 3 heterocycles. The van der Waals surface area contributed by atoms with Crippen molar-refractivity contribution in [3.63, 3.8) is 0 Å². The van der Waals surface area contributed by atoms with Crippen molar-refractivity contribution in [3.05, 3.63) is 47.4 Å². The van der Waals surface area contributed by atoms with Crippen molar-refractivity contribution in [2.24, 2.45) is 7.05 Å². The number of carbonyl (C=O) groups excluding carboxylic acids is 1. The Bertz CT molecular complexity index is 1130. The molecule has 0 unspecified atom stereocenters. The SMILES string of the molecule is CN1CC[C@@](O)(C#Cc2cccc(-c3nc(Cl)nc4c3ccn4C)c2)C1=O. The molecule has 4 rings (SSSR count). The lowest BCUT2D eigenvalue weighted by Crippen LogP contribution is -2.37. The average molecular weight is 381 g/mol. The van der Waals surface area contributed by atoms with Gasteiger partial charge in [-0.1, -0.05) is 24.0 Å². The third-order valence-electron chi connectivity index (χ3n) is 4.76. The first kappa shape index (κ1) is 17.5. The molecule has 0 saturated carbocycles. The summed E-state index contributed by atoms with van der Waals surface area (Å²) in [6.07, 6.45) is 2.21. The van der Waals surface area contributed by atoms with Crippen molar-refractivity contribution in [2.75, 3.05) is 13.6 Å². The van der Waals surface area contributed by atoms with E-state index in [0.29, 0.717) is 24.2 Å². The zero-order valence-electron chi connectivity index (χ0n) is 14.9. The van der Waals surface area contributed by atoms with Gasteiger partial charge in [-0.25, -0.2) is 4.98 Å². The maximum absolute atomic E-state index is 12.1. The average Bonchev–Trinajstić information content (AvgIpc) is 3.15. The van der Waals surface area contributed by atoms with Gasteiger partial charge < -0.3 is 14.6 Å². The Hall–Kier alpha value is -2.88. The summed E-state index contributed by atoms with van der Waals surface area (Å²) in [5.74, 6) is 5.30. The zero-order valence-corrected chi connectivity index (χ0v) is 15.7. The number of nitrogens with zero attached hydrogens (tertiary/aromatic N) is 4. The summed E-state index contributed by atoms with van der Waals surface area (Å²) in [5, 5.41) is 11.5. The van der Waals surface area contributed by atoms with Crippen LogP contribution < -0.4 is 0 Å². The van der Waals surface area contributed by atoms with Crippen LogP contribution in [0.2, 0.25) is 5.28 Å². The molecule has 6 nitrogen and oxygen atoms in total. The van der Waals surface area contributed by atoms with Crippen LogP contribution in [0.4, 0.5) is 0 Å². The lowest BCUT2D eigenvalue weighted by Gasteiger charge is -2.13. The maximum atomic E-state index is 12.1. The van der Waals surface area contributed by atoms with Gasteiger partial charge in [-0.05, 0) is 29.8 Å². The van der Waals surface area contributed by atoms with Gasteiger partial charge >= 0.3 is 0 Å². The highest BCUT2D eigenvalue weighted by Gasteiger charge is 2.42. The number of likely N-dealkylation sites (tertiary alicyclic amines) is 1. The van der Waals surface area contributed by atoms with E-state index in [1.165, 1.54) is 4.90 Å². The van der Waals surface area contributed by atoms with Gasteiger partial charge in [-0.3, -0.25) is 4.79 Å². The minimum absolute atomic E-state index is 0.171. The largest absolute Gasteiger partial charge is 0.369 e. The van der Waals surface area contributed by atoms with E-state index in [1.807, 2.05) is 48.1 Å². The number of hydrogen-bond acceptors (Lipinski definition) is 4. The lowest BCUT2D eigenvalue weighted by atomic mass is 10.0. The molecule has 1 aliphatic heterocycles. The quantitative estimate of drug-likeness (QED) is 0.519. The minimum atomic E-state index is -1.62. The van der Waals surface area contributed by atoms with E-state index in [4.69, 9.17) is 11.6 Å². The van der Waals surface area contributed by atoms with Crippen LogP contribution in [0.1, 0.15) is 12.0 Å². The molecule has 1 saturated heterocycles. The molecule has 3 aromatic rings. The predicted molar refractivity (Wildman–Crippen MR) is 103 cm³/mol. The first-order valence-electron chi connectivity index (χ1n) is 8.47. The van der Waals surface area contributed by atoms with Crippen molar-refractivity contribution in [1.82, 2.24) is 19.4 Å². The number of aromatic nitrogens is 3. The minimum Gasteiger partial charge on any atom is -0.369 e. The number of aliphatic hydroxyl groups is 1. The van der Waals surface area contributed by atoms with Crippen LogP contribution in [0.25, 0.3) is 22.3 Å². The smallest absolute Gasteiger partial charge is 0.267 e. The van der Waals surface area contributed by atoms with Gasteiger partial charge in [-0.15, -0.1) is 0 Å². The fourth-order valence-corrected chi connectivity index (χ4v) is 3.38. The van der Waals surface area contributed by atoms with Gasteiger partial charge in [0.15, 0.2) is 0 Å². The molecule has 1 amide bonds. The molecular weight excluding hydrogens is 364 g/mol. The number of carbonyl (C=O) groups is 1. The second kappa shape index (κ2) is 6.38. The van der Waals surface area contributed by atoms with Crippen molar-refractivity contribution in [2.45, 2.75) is 12.0 Å². The molecule has 27 heavy (non-hydrogen) atoms. The molecule has 2 aromatic heterocycles. The van der Waals surface area contributed by atoms with E-state index in [2.05, 4.69) is 21.8 Å². The molecule has 1 N–H and O–H groups in total. The van der Waals surface area contributed by atoms with Crippen LogP contribution in [-0.2, 0) is 11.8 Å². The second-order valence-corrected chi connectivity index (χ2v) is 7.01. The Labute approximate surface area is 161 Å². The summed E-state index contributed by atoms with van der Waals surface area (Å²) in [6, 6.07) is 9.41. The van der Waals surface area contributed by atoms with Crippen LogP contribution >= 0.6 is 11.6 Å². The molecule has 136 valence electrons. The lowest BCUT2D eigenvalue weighted by molar-refractivity contribution is -0.137. The molecular formula is C20H17ClN4O2. The summed E-state index contributed by atoms with van der Waals surface area (Å²) in [4.78, 5) is 22.2. The van der Waals surface area contributed by atoms with Crippen LogP contribution in [0.15, 0.2) is 36.5 Å². The van der Waals surface area contributed by atoms with E-state index in [9.17, 15) is 9.90 Å². The van der Waals surface area contributed by atoms with Crippen molar-refractivity contribution >= 4 is 28.5 Å². The summed E-state index contributed by atoms with van der Waals surface area (Å²) < 4.78 is 1.88. The third kappa shape index (κ3) is 3.05. The van der Waals surface area contributed by atoms with Crippen molar-refractivity contribution in [3.8, 4) is 23.1 Å². The number of rotatable bonds is 1. The summed E-state index contributed by atoms with van der Waals surface area (Å²) in [5.41, 5.74) is 1.36. The Kier molecular flexibility index (Phi) is 4.14. The standard InChI is InChI=1S/C20H17ClN4O2/c1-24-10-7-15-16(22-19(21)23-17(15)24)14-5-3-4-13(12-14)6-8-20(27)9-11-25(2)18(20)26/h3-5,7,10,12,27H,9,11H2,1-2H3/t20-/m0/s1. The van der Waals surface area contributed by atoms with Crippen LogP contribution in [0, 0.1) is 11.8 Å². The highest BCUT2D eigenvalue weighted by atomic mass is 35.5. The molecule has 1 atom stereocenters. The maximum Gasteiger partial charge on any atom is 0.267 e. The molecule has 0 spiro atoms. The van der Waals surface area contributed by atoms with E-state index in [0.717, 1.165) is 16.6 Å². The zero-order chi connectivity index (χ0) is 19.2. The Balaban J connectivity index is 1.75. The summed E-state index contributed by atoms with van der Waals surface area (Å²) in [7, 11) is 3.56. The highest BCUT2D eigenvalue weighted by Crippen LogP contribution is 2.28. The predicted octanol–water partition coefficient (Wildman–Crippen LogP) is 2.23. The van der Waals surface area contributed by atoms with Gasteiger partial charge in [0.2, 0.25) is 10.9 Å². The third-order valence-corrected chi connectivity index (χ3v) is 4.93. The Morgan fingerprint density at radius 3 is 2.81 bits per heavy atom. The topological polar surface area (TPSA) is 71.2 Å². The monoisotopic (exact) mass is 380 g/mol. The van der Waals surface area contributed by atoms with Crippen molar-refractivity contribution in [1.29, 1.82) is 0 Å². The van der Waals surface area contributed by atoms with Gasteiger partial charge in [0.1, 0.15) is 5.65 Å². The van der Waals surface area contributed by atoms with Crippen LogP contribution in [0.5, 0.6) is 0 Å². The van der Waals surface area contributed by atoms with E-state index < -0.39 is 5.60 Å². The first-order valence-corrected chi connectivity index (χ1v) is 8.85. The van der Waals surface area contributed by atoms with Gasteiger partial charge in [0.25, 0.3) is 5.91 Å². The number of fused-ring (bicyclic) bond motifs is 1. The normalized spacial score (nSPS) is 19.4. The van der Waals surface area contributed by atoms with Gasteiger partial charge in [0.05, 0.1) is 5.69 Å². The number of likely N-dealkylation sites (N-methyl/N-ethyl adjacent to an activating group) is 1. The number of amides is 1. The number of aryl methyl sites for hydroxylation is 1. The molecule has 1 fully saturated rings. The van der Waals surface area contributed by atoms with Gasteiger partial charge in [0, 0.05) is 49.8 Å². The number of benzene rings is 1. The van der Waals surface area contributed by atoms with Crippen LogP contribution in [0.3, 0.4) is 0 Å². The van der Waals surface area contributed by atoms with E-state index in [-0.39, 0.29) is 11.2 Å². The fourth-order valence-electron chi connectivity index (χ4n) is 3.22. The van der Waals surface area contributed by atoms with E-state index >= 15 is 0 Å². The Morgan fingerprint density at radius 2 is 2.07 bits per heavy atom. The second-order valence-electron chi connectivity index (χ2n) is 6.67. The van der Waals surface area contributed by atoms with Crippen molar-refractivity contribution < 1.29 is 9.90 Å². The number of halogens is 1. The van der Waals surface area contributed by atoms with Gasteiger partial charge in [-0.2, -0.15) is 4.98 Å². The molecule has 1 aromatic carbocycles. The molecule has 7 heteroatoms. The molecule has 0 bridgehead atoms. The fraction of sp³-hybridized carbons (Fsp3) is 0.250. The first-order chi connectivity index (χ1) is 12.9. The summed E-state index contributed by atoms with van der Waals surface area (Å²) in [6.45, 7) is 0.496. The van der Waals surface area contributed by atoms with E-state index in [1.54, 1.807) is 7.05 Å². The molecule has 1 aliphatic rings. The number of hydrogen-bond donors (Lipinski definition) is 1. The molecule has 0 aliphatic carbocycles.